The minimum absolute atomic E-state index is 0.160. The summed E-state index contributed by atoms with van der Waals surface area (Å²) < 4.78 is 12.7. The van der Waals surface area contributed by atoms with Gasteiger partial charge in [-0.2, -0.15) is 0 Å². The van der Waals surface area contributed by atoms with E-state index in [4.69, 9.17) is 14.5 Å². The summed E-state index contributed by atoms with van der Waals surface area (Å²) in [6, 6.07) is 7.86. The van der Waals surface area contributed by atoms with Gasteiger partial charge in [-0.1, -0.05) is 0 Å². The van der Waals surface area contributed by atoms with Crippen LogP contribution in [0.2, 0.25) is 0 Å². The van der Waals surface area contributed by atoms with Crippen molar-refractivity contribution in [3.63, 3.8) is 0 Å². The van der Waals surface area contributed by atoms with E-state index in [1.807, 2.05) is 42.5 Å². The van der Waals surface area contributed by atoms with Gasteiger partial charge in [-0.15, -0.1) is 0 Å². The Morgan fingerprint density at radius 1 is 1.26 bits per heavy atom. The second kappa shape index (κ2) is 5.97. The number of carbonyl (C=O) groups is 1. The molecule has 138 valence electrons. The Bertz CT molecular complexity index is 1050. The molecule has 5 rings (SSSR count). The van der Waals surface area contributed by atoms with E-state index in [9.17, 15) is 4.79 Å². The largest absolute Gasteiger partial charge is 0.454 e. The van der Waals surface area contributed by atoms with Crippen LogP contribution < -0.4 is 14.8 Å². The van der Waals surface area contributed by atoms with Crippen LogP contribution in [0.4, 0.5) is 0 Å². The van der Waals surface area contributed by atoms with Gasteiger partial charge < -0.3 is 14.8 Å². The average Bonchev–Trinajstić information content (AvgIpc) is 3.25. The van der Waals surface area contributed by atoms with Crippen LogP contribution in [0.25, 0.3) is 16.9 Å². The topological polar surface area (TPSA) is 77.8 Å². The van der Waals surface area contributed by atoms with Crippen molar-refractivity contribution in [1.29, 1.82) is 0 Å². The molecule has 7 nitrogen and oxygen atoms in total. The number of imidazole rings is 1. The first-order valence-electron chi connectivity index (χ1n) is 9.16. The van der Waals surface area contributed by atoms with Crippen LogP contribution in [0.5, 0.6) is 11.5 Å². The number of ether oxygens (including phenoxy) is 2. The second-order valence-corrected chi connectivity index (χ2v) is 7.24. The first-order valence-corrected chi connectivity index (χ1v) is 9.16. The molecule has 0 bridgehead atoms. The fourth-order valence-corrected chi connectivity index (χ4v) is 3.47. The predicted octanol–water partition coefficient (Wildman–Crippen LogP) is 2.96. The van der Waals surface area contributed by atoms with Crippen LogP contribution in [0.3, 0.4) is 0 Å². The number of hydrogen-bond acceptors (Lipinski definition) is 5. The molecule has 0 radical (unpaired) electrons. The van der Waals surface area contributed by atoms with Crippen molar-refractivity contribution in [3.8, 4) is 22.8 Å². The van der Waals surface area contributed by atoms with E-state index in [2.05, 4.69) is 10.3 Å². The van der Waals surface area contributed by atoms with E-state index >= 15 is 0 Å². The van der Waals surface area contributed by atoms with Crippen molar-refractivity contribution < 1.29 is 14.3 Å². The van der Waals surface area contributed by atoms with Gasteiger partial charge in [-0.3, -0.25) is 9.20 Å². The third-order valence-electron chi connectivity index (χ3n) is 5.27. The maximum absolute atomic E-state index is 12.7. The quantitative estimate of drug-likeness (QED) is 0.770. The second-order valence-electron chi connectivity index (χ2n) is 7.24. The van der Waals surface area contributed by atoms with E-state index in [1.165, 1.54) is 12.8 Å². The standard InChI is InChI=1S/C20H20N4O3/c1-11-7-15(14-5-6-16-17(8-14)27-10-26-16)23-19-18(21-9-24(11)19)20(25)22-12(2)13-3-4-13/h5-9,12-13H,3-4,10H2,1-2H3,(H,22,25)/t12-/m0/s1. The molecule has 1 amide bonds. The Balaban J connectivity index is 1.54. The fourth-order valence-electron chi connectivity index (χ4n) is 3.47. The first-order chi connectivity index (χ1) is 13.1. The third-order valence-corrected chi connectivity index (χ3v) is 5.27. The van der Waals surface area contributed by atoms with Gasteiger partial charge in [0, 0.05) is 17.3 Å². The SMILES string of the molecule is Cc1cc(-c2ccc3c(c2)OCO3)nc2c(C(=O)N[C@@H](C)C3CC3)ncn12. The van der Waals surface area contributed by atoms with Gasteiger partial charge in [0.15, 0.2) is 22.8 Å². The zero-order chi connectivity index (χ0) is 18.5. The van der Waals surface area contributed by atoms with E-state index in [0.717, 1.165) is 22.7 Å². The third kappa shape index (κ3) is 2.79. The number of benzene rings is 1. The zero-order valence-electron chi connectivity index (χ0n) is 15.2. The van der Waals surface area contributed by atoms with Crippen LogP contribution >= 0.6 is 0 Å². The molecule has 1 aliphatic carbocycles. The molecule has 0 saturated heterocycles. The average molecular weight is 364 g/mol. The molecule has 27 heavy (non-hydrogen) atoms. The molecule has 3 aromatic rings. The van der Waals surface area contributed by atoms with Gasteiger partial charge >= 0.3 is 0 Å². The molecule has 1 saturated carbocycles. The van der Waals surface area contributed by atoms with Crippen molar-refractivity contribution in [2.45, 2.75) is 32.7 Å². The van der Waals surface area contributed by atoms with Gasteiger partial charge in [0.1, 0.15) is 6.33 Å². The summed E-state index contributed by atoms with van der Waals surface area (Å²) in [5.74, 6) is 1.85. The van der Waals surface area contributed by atoms with Crippen molar-refractivity contribution in [2.75, 3.05) is 6.79 Å². The van der Waals surface area contributed by atoms with Gasteiger partial charge in [0.05, 0.1) is 5.69 Å². The summed E-state index contributed by atoms with van der Waals surface area (Å²) in [6.07, 6.45) is 4.01. The van der Waals surface area contributed by atoms with Crippen LogP contribution in [0.1, 0.15) is 35.9 Å². The normalized spacial score (nSPS) is 16.5. The fraction of sp³-hybridized carbons (Fsp3) is 0.350. The molecule has 1 N–H and O–H groups in total. The molecule has 7 heteroatoms. The summed E-state index contributed by atoms with van der Waals surface area (Å²) in [6.45, 7) is 4.25. The number of carbonyl (C=O) groups excluding carboxylic acids is 1. The zero-order valence-corrected chi connectivity index (χ0v) is 15.2. The minimum atomic E-state index is -0.174. The lowest BCUT2D eigenvalue weighted by Gasteiger charge is -2.12. The monoisotopic (exact) mass is 364 g/mol. The highest BCUT2D eigenvalue weighted by Gasteiger charge is 2.30. The minimum Gasteiger partial charge on any atom is -0.454 e. The molecule has 2 aromatic heterocycles. The van der Waals surface area contributed by atoms with Crippen molar-refractivity contribution >= 4 is 11.6 Å². The maximum Gasteiger partial charge on any atom is 0.274 e. The molecule has 1 atom stereocenters. The Morgan fingerprint density at radius 3 is 2.89 bits per heavy atom. The van der Waals surface area contributed by atoms with Crippen LogP contribution in [0.15, 0.2) is 30.6 Å². The molecular formula is C20H20N4O3. The lowest BCUT2D eigenvalue weighted by molar-refractivity contribution is 0.0933. The molecule has 1 aliphatic heterocycles. The molecule has 1 fully saturated rings. The number of hydrogen-bond donors (Lipinski definition) is 1. The van der Waals surface area contributed by atoms with Crippen LogP contribution in [-0.2, 0) is 0 Å². The van der Waals surface area contributed by atoms with Gasteiger partial charge in [-0.05, 0) is 56.9 Å². The number of nitrogens with one attached hydrogen (secondary N) is 1. The number of amides is 1. The molecule has 0 spiro atoms. The smallest absolute Gasteiger partial charge is 0.274 e. The van der Waals surface area contributed by atoms with Crippen molar-refractivity contribution in [3.05, 3.63) is 42.0 Å². The summed E-state index contributed by atoms with van der Waals surface area (Å²) in [5, 5.41) is 3.06. The Kier molecular flexibility index (Phi) is 3.56. The first kappa shape index (κ1) is 16.1. The number of aromatic nitrogens is 3. The highest BCUT2D eigenvalue weighted by atomic mass is 16.7. The van der Waals surface area contributed by atoms with E-state index in [-0.39, 0.29) is 18.7 Å². The lowest BCUT2D eigenvalue weighted by atomic mass is 10.1. The molecular weight excluding hydrogens is 344 g/mol. The van der Waals surface area contributed by atoms with E-state index < -0.39 is 0 Å². The lowest BCUT2D eigenvalue weighted by Crippen LogP contribution is -2.34. The maximum atomic E-state index is 12.7. The summed E-state index contributed by atoms with van der Waals surface area (Å²) >= 11 is 0. The van der Waals surface area contributed by atoms with Gasteiger partial charge in [0.25, 0.3) is 5.91 Å². The summed E-state index contributed by atoms with van der Waals surface area (Å²) in [7, 11) is 0. The van der Waals surface area contributed by atoms with E-state index in [0.29, 0.717) is 23.0 Å². The number of nitrogens with zero attached hydrogens (tertiary/aromatic N) is 3. The van der Waals surface area contributed by atoms with Crippen LogP contribution in [0, 0.1) is 12.8 Å². The molecule has 2 aliphatic rings. The Hall–Kier alpha value is -3.09. The van der Waals surface area contributed by atoms with Crippen LogP contribution in [-0.4, -0.2) is 33.1 Å². The highest BCUT2D eigenvalue weighted by Crippen LogP contribution is 2.36. The van der Waals surface area contributed by atoms with Crippen molar-refractivity contribution in [2.24, 2.45) is 5.92 Å². The van der Waals surface area contributed by atoms with Gasteiger partial charge in [-0.25, -0.2) is 9.97 Å². The number of aryl methyl sites for hydroxylation is 1. The number of rotatable bonds is 4. The molecule has 0 unspecified atom stereocenters. The molecule has 1 aromatic carbocycles. The van der Waals surface area contributed by atoms with Gasteiger partial charge in [0.2, 0.25) is 6.79 Å². The summed E-state index contributed by atoms with van der Waals surface area (Å²) in [4.78, 5) is 21.8. The summed E-state index contributed by atoms with van der Waals surface area (Å²) in [5.41, 5.74) is 3.54. The predicted molar refractivity (Wildman–Crippen MR) is 98.9 cm³/mol. The Labute approximate surface area is 156 Å². The Morgan fingerprint density at radius 2 is 2.07 bits per heavy atom. The van der Waals surface area contributed by atoms with E-state index in [1.54, 1.807) is 6.33 Å². The van der Waals surface area contributed by atoms with Crippen molar-refractivity contribution in [1.82, 2.24) is 19.7 Å². The highest BCUT2D eigenvalue weighted by molar-refractivity contribution is 5.98. The molecule has 3 heterocycles. The number of fused-ring (bicyclic) bond motifs is 2.